The molecule has 0 radical (unpaired) electrons. The standard InChI is InChI=1S/C12H16N4O4/c1-7-3-2-4-8(15-7)6-14-12(20)16-9(11(18)19)5-10(13)17/h2-4,9H,5-6H2,1H3,(H2,13,17)(H,18,19)(H2,14,16,20)/t9-/m0/s1. The Morgan fingerprint density at radius 3 is 2.65 bits per heavy atom. The van der Waals surface area contributed by atoms with E-state index in [4.69, 9.17) is 10.8 Å². The molecule has 0 bridgehead atoms. The number of carbonyl (C=O) groups excluding carboxylic acids is 2. The summed E-state index contributed by atoms with van der Waals surface area (Å²) >= 11 is 0. The number of hydrogen-bond donors (Lipinski definition) is 4. The lowest BCUT2D eigenvalue weighted by Gasteiger charge is -2.13. The van der Waals surface area contributed by atoms with Gasteiger partial charge < -0.3 is 21.5 Å². The first-order chi connectivity index (χ1) is 9.38. The smallest absolute Gasteiger partial charge is 0.326 e. The first-order valence-electron chi connectivity index (χ1n) is 5.86. The van der Waals surface area contributed by atoms with Crippen LogP contribution >= 0.6 is 0 Å². The number of aliphatic carboxylic acids is 1. The zero-order valence-corrected chi connectivity index (χ0v) is 10.9. The quantitative estimate of drug-likeness (QED) is 0.558. The Morgan fingerprint density at radius 1 is 1.40 bits per heavy atom. The highest BCUT2D eigenvalue weighted by atomic mass is 16.4. The maximum absolute atomic E-state index is 11.5. The molecule has 0 fully saturated rings. The number of nitrogens with two attached hydrogens (primary N) is 1. The number of nitrogens with one attached hydrogen (secondary N) is 2. The number of carboxylic acids is 1. The molecule has 0 unspecified atom stereocenters. The van der Waals surface area contributed by atoms with Gasteiger partial charge in [-0.05, 0) is 19.1 Å². The number of hydrogen-bond acceptors (Lipinski definition) is 4. The molecule has 3 amide bonds. The molecule has 8 heteroatoms. The number of carbonyl (C=O) groups is 3. The van der Waals surface area contributed by atoms with Crippen molar-refractivity contribution < 1.29 is 19.5 Å². The number of rotatable bonds is 6. The van der Waals surface area contributed by atoms with E-state index in [2.05, 4.69) is 15.6 Å². The number of amides is 3. The molecule has 8 nitrogen and oxygen atoms in total. The van der Waals surface area contributed by atoms with Crippen LogP contribution in [0.25, 0.3) is 0 Å². The second kappa shape index (κ2) is 7.07. The van der Waals surface area contributed by atoms with Gasteiger partial charge in [0.05, 0.1) is 18.7 Å². The van der Waals surface area contributed by atoms with Crippen molar-refractivity contribution in [2.75, 3.05) is 0 Å². The summed E-state index contributed by atoms with van der Waals surface area (Å²) in [5.74, 6) is -2.13. The maximum atomic E-state index is 11.5. The molecule has 1 atom stereocenters. The van der Waals surface area contributed by atoms with Crippen LogP contribution in [-0.2, 0) is 16.1 Å². The van der Waals surface area contributed by atoms with Gasteiger partial charge in [0.1, 0.15) is 6.04 Å². The monoisotopic (exact) mass is 280 g/mol. The molecule has 0 spiro atoms. The van der Waals surface area contributed by atoms with E-state index in [1.54, 1.807) is 12.1 Å². The van der Waals surface area contributed by atoms with Crippen LogP contribution in [-0.4, -0.2) is 34.0 Å². The van der Waals surface area contributed by atoms with Gasteiger partial charge in [-0.25, -0.2) is 9.59 Å². The molecule has 0 saturated carbocycles. The average Bonchev–Trinajstić information content (AvgIpc) is 2.35. The molecule has 0 aliphatic carbocycles. The third-order valence-corrected chi connectivity index (χ3v) is 2.38. The van der Waals surface area contributed by atoms with Crippen molar-refractivity contribution in [2.45, 2.75) is 25.9 Å². The number of pyridine rings is 1. The second-order valence-electron chi connectivity index (χ2n) is 4.16. The van der Waals surface area contributed by atoms with Crippen LogP contribution in [0.3, 0.4) is 0 Å². The number of urea groups is 1. The highest BCUT2D eigenvalue weighted by Crippen LogP contribution is 1.97. The van der Waals surface area contributed by atoms with Crippen molar-refractivity contribution in [3.05, 3.63) is 29.6 Å². The zero-order valence-electron chi connectivity index (χ0n) is 10.9. The lowest BCUT2D eigenvalue weighted by atomic mass is 10.2. The molecule has 1 aromatic rings. The van der Waals surface area contributed by atoms with Crippen molar-refractivity contribution in [3.63, 3.8) is 0 Å². The highest BCUT2D eigenvalue weighted by Gasteiger charge is 2.21. The lowest BCUT2D eigenvalue weighted by molar-refractivity contribution is -0.140. The third kappa shape index (κ3) is 5.34. The maximum Gasteiger partial charge on any atom is 0.326 e. The fourth-order valence-corrected chi connectivity index (χ4v) is 1.48. The van der Waals surface area contributed by atoms with Crippen LogP contribution in [0.15, 0.2) is 18.2 Å². The van der Waals surface area contributed by atoms with Gasteiger partial charge in [-0.15, -0.1) is 0 Å². The van der Waals surface area contributed by atoms with E-state index >= 15 is 0 Å². The Kier molecular flexibility index (Phi) is 5.45. The van der Waals surface area contributed by atoms with E-state index in [0.29, 0.717) is 5.69 Å². The van der Waals surface area contributed by atoms with E-state index in [1.165, 1.54) is 0 Å². The fraction of sp³-hybridized carbons (Fsp3) is 0.333. The number of nitrogens with zero attached hydrogens (tertiary/aromatic N) is 1. The molecule has 0 aliphatic heterocycles. The van der Waals surface area contributed by atoms with Crippen LogP contribution in [0, 0.1) is 6.92 Å². The van der Waals surface area contributed by atoms with E-state index in [-0.39, 0.29) is 6.54 Å². The molecule has 1 rings (SSSR count). The van der Waals surface area contributed by atoms with Crippen LogP contribution < -0.4 is 16.4 Å². The van der Waals surface area contributed by atoms with Crippen LogP contribution in [0.4, 0.5) is 4.79 Å². The van der Waals surface area contributed by atoms with Gasteiger partial charge in [0, 0.05) is 5.69 Å². The summed E-state index contributed by atoms with van der Waals surface area (Å²) in [6.45, 7) is 1.97. The van der Waals surface area contributed by atoms with E-state index < -0.39 is 30.4 Å². The van der Waals surface area contributed by atoms with E-state index in [9.17, 15) is 14.4 Å². The molecular formula is C12H16N4O4. The molecule has 0 aromatic carbocycles. The van der Waals surface area contributed by atoms with Gasteiger partial charge in [0.15, 0.2) is 0 Å². The number of primary amides is 1. The highest BCUT2D eigenvalue weighted by molar-refractivity contribution is 5.87. The van der Waals surface area contributed by atoms with Crippen molar-refractivity contribution in [1.29, 1.82) is 0 Å². The summed E-state index contributed by atoms with van der Waals surface area (Å²) in [6.07, 6.45) is -0.467. The Bertz CT molecular complexity index is 518. The minimum atomic E-state index is -1.35. The zero-order chi connectivity index (χ0) is 15.1. The minimum absolute atomic E-state index is 0.149. The summed E-state index contributed by atoms with van der Waals surface area (Å²) in [4.78, 5) is 37.2. The first-order valence-corrected chi connectivity index (χ1v) is 5.86. The van der Waals surface area contributed by atoms with Gasteiger partial charge in [0.2, 0.25) is 5.91 Å². The van der Waals surface area contributed by atoms with Gasteiger partial charge in [-0.2, -0.15) is 0 Å². The predicted molar refractivity (Wildman–Crippen MR) is 69.6 cm³/mol. The number of carboxylic acid groups (broad SMARTS) is 1. The topological polar surface area (TPSA) is 134 Å². The summed E-state index contributed by atoms with van der Waals surface area (Å²) in [5.41, 5.74) is 6.35. The molecule has 20 heavy (non-hydrogen) atoms. The van der Waals surface area contributed by atoms with E-state index in [0.717, 1.165) is 5.69 Å². The van der Waals surface area contributed by atoms with Crippen molar-refractivity contribution in [3.8, 4) is 0 Å². The summed E-state index contributed by atoms with van der Waals surface area (Å²) in [7, 11) is 0. The summed E-state index contributed by atoms with van der Waals surface area (Å²) < 4.78 is 0. The van der Waals surface area contributed by atoms with Gasteiger partial charge in [0.25, 0.3) is 0 Å². The Morgan fingerprint density at radius 2 is 2.10 bits per heavy atom. The lowest BCUT2D eigenvalue weighted by Crippen LogP contribution is -2.47. The average molecular weight is 280 g/mol. The Balaban J connectivity index is 2.49. The number of aryl methyl sites for hydroxylation is 1. The van der Waals surface area contributed by atoms with Gasteiger partial charge in [-0.3, -0.25) is 9.78 Å². The van der Waals surface area contributed by atoms with E-state index in [1.807, 2.05) is 13.0 Å². The Hall–Kier alpha value is -2.64. The third-order valence-electron chi connectivity index (χ3n) is 2.38. The fourth-order valence-electron chi connectivity index (χ4n) is 1.48. The normalized spacial score (nSPS) is 11.4. The Labute approximate surface area is 115 Å². The first kappa shape index (κ1) is 15.4. The largest absolute Gasteiger partial charge is 0.480 e. The summed E-state index contributed by atoms with van der Waals surface area (Å²) in [6, 6.07) is 3.28. The second-order valence-corrected chi connectivity index (χ2v) is 4.16. The molecule has 0 aliphatic rings. The SMILES string of the molecule is Cc1cccc(CNC(=O)N[C@@H](CC(N)=O)C(=O)O)n1. The van der Waals surface area contributed by atoms with Gasteiger partial charge >= 0.3 is 12.0 Å². The van der Waals surface area contributed by atoms with Gasteiger partial charge in [-0.1, -0.05) is 6.07 Å². The predicted octanol–water partition coefficient (Wildman–Crippen LogP) is -0.482. The van der Waals surface area contributed by atoms with Crippen molar-refractivity contribution >= 4 is 17.9 Å². The summed E-state index contributed by atoms with van der Waals surface area (Å²) in [5, 5.41) is 13.4. The molecule has 0 saturated heterocycles. The van der Waals surface area contributed by atoms with Crippen LogP contribution in [0.2, 0.25) is 0 Å². The molecule has 1 aromatic heterocycles. The minimum Gasteiger partial charge on any atom is -0.480 e. The van der Waals surface area contributed by atoms with Crippen LogP contribution in [0.1, 0.15) is 17.8 Å². The molecule has 1 heterocycles. The van der Waals surface area contributed by atoms with Crippen molar-refractivity contribution in [1.82, 2.24) is 15.6 Å². The molecule has 5 N–H and O–H groups in total. The van der Waals surface area contributed by atoms with Crippen LogP contribution in [0.5, 0.6) is 0 Å². The van der Waals surface area contributed by atoms with Crippen molar-refractivity contribution in [2.24, 2.45) is 5.73 Å². The molecule has 108 valence electrons. The number of aromatic nitrogens is 1. The molecular weight excluding hydrogens is 264 g/mol.